The summed E-state index contributed by atoms with van der Waals surface area (Å²) in [6, 6.07) is 6.36. The molecule has 0 bridgehead atoms. The number of aromatic amines is 1. The van der Waals surface area contributed by atoms with Gasteiger partial charge in [0.15, 0.2) is 0 Å². The Kier molecular flexibility index (Phi) is 4.56. The minimum atomic E-state index is -0.241. The zero-order chi connectivity index (χ0) is 17.1. The van der Waals surface area contributed by atoms with Crippen LogP contribution >= 0.6 is 0 Å². The molecule has 130 valence electrons. The number of piperidine rings is 1. The van der Waals surface area contributed by atoms with Crippen LogP contribution in [0, 0.1) is 11.7 Å². The molecule has 25 heavy (non-hydrogen) atoms. The maximum atomic E-state index is 13.0. The summed E-state index contributed by atoms with van der Waals surface area (Å²) >= 11 is 0. The molecule has 1 aliphatic heterocycles. The molecule has 3 aromatic rings. The molecule has 1 fully saturated rings. The first-order valence-corrected chi connectivity index (χ1v) is 8.63. The van der Waals surface area contributed by atoms with Gasteiger partial charge in [-0.2, -0.15) is 0 Å². The third-order valence-corrected chi connectivity index (χ3v) is 4.66. The van der Waals surface area contributed by atoms with E-state index >= 15 is 0 Å². The lowest BCUT2D eigenvalue weighted by Gasteiger charge is -2.31. The highest BCUT2D eigenvalue weighted by Crippen LogP contribution is 2.21. The predicted molar refractivity (Wildman–Crippen MR) is 92.0 cm³/mol. The van der Waals surface area contributed by atoms with Gasteiger partial charge in [0, 0.05) is 31.0 Å². The number of halogens is 1. The van der Waals surface area contributed by atoms with Crippen molar-refractivity contribution in [2.45, 2.75) is 25.9 Å². The highest BCUT2D eigenvalue weighted by Gasteiger charge is 2.21. The van der Waals surface area contributed by atoms with Crippen LogP contribution in [-0.4, -0.2) is 43.0 Å². The fourth-order valence-corrected chi connectivity index (χ4v) is 3.45. The van der Waals surface area contributed by atoms with E-state index in [0.29, 0.717) is 5.92 Å². The summed E-state index contributed by atoms with van der Waals surface area (Å²) in [5.74, 6) is 1.32. The monoisotopic (exact) mass is 340 g/mol. The summed E-state index contributed by atoms with van der Waals surface area (Å²) in [4.78, 5) is 9.91. The Morgan fingerprint density at radius 1 is 1.24 bits per heavy atom. The molecule has 0 unspecified atom stereocenters. The lowest BCUT2D eigenvalue weighted by Crippen LogP contribution is -2.36. The summed E-state index contributed by atoms with van der Waals surface area (Å²) in [6.45, 7) is 3.85. The molecular formula is C18H21FN6. The first-order chi connectivity index (χ1) is 12.3. The zero-order valence-electron chi connectivity index (χ0n) is 14.0. The van der Waals surface area contributed by atoms with Crippen molar-refractivity contribution in [1.29, 1.82) is 0 Å². The van der Waals surface area contributed by atoms with Gasteiger partial charge in [0.05, 0.1) is 12.7 Å². The van der Waals surface area contributed by atoms with Crippen LogP contribution in [0.15, 0.2) is 42.9 Å². The van der Waals surface area contributed by atoms with Crippen molar-refractivity contribution in [1.82, 2.24) is 29.9 Å². The van der Waals surface area contributed by atoms with Crippen LogP contribution in [0.3, 0.4) is 0 Å². The van der Waals surface area contributed by atoms with E-state index in [-0.39, 0.29) is 5.82 Å². The van der Waals surface area contributed by atoms with Crippen molar-refractivity contribution in [2.75, 3.05) is 13.1 Å². The highest BCUT2D eigenvalue weighted by molar-refractivity contribution is 5.57. The number of hydrogen-bond acceptors (Lipinski definition) is 4. The Morgan fingerprint density at radius 3 is 2.92 bits per heavy atom. The molecule has 2 aromatic heterocycles. The molecule has 1 atom stereocenters. The number of imidazole rings is 1. The van der Waals surface area contributed by atoms with Gasteiger partial charge in [-0.1, -0.05) is 5.21 Å². The van der Waals surface area contributed by atoms with E-state index < -0.39 is 0 Å². The molecule has 0 radical (unpaired) electrons. The number of aromatic nitrogens is 5. The second-order valence-electron chi connectivity index (χ2n) is 6.61. The van der Waals surface area contributed by atoms with Crippen LogP contribution in [0.1, 0.15) is 18.7 Å². The Balaban J connectivity index is 1.37. The first kappa shape index (κ1) is 16.0. The van der Waals surface area contributed by atoms with Crippen LogP contribution in [0.25, 0.3) is 11.3 Å². The summed E-state index contributed by atoms with van der Waals surface area (Å²) in [7, 11) is 0. The van der Waals surface area contributed by atoms with E-state index in [1.165, 1.54) is 25.0 Å². The van der Waals surface area contributed by atoms with E-state index in [4.69, 9.17) is 0 Å². The molecule has 3 heterocycles. The fraction of sp³-hybridized carbons (Fsp3) is 0.389. The normalized spacial score (nSPS) is 18.5. The summed E-state index contributed by atoms with van der Waals surface area (Å²) in [5.41, 5.74) is 1.67. The number of nitrogens with zero attached hydrogens (tertiary/aromatic N) is 5. The SMILES string of the molecule is Fc1ccc(-c2cn(C[C@@H]3CCCN(Cc4ncc[nH]4)C3)nn2)cc1. The highest BCUT2D eigenvalue weighted by atomic mass is 19.1. The molecular weight excluding hydrogens is 319 g/mol. The maximum Gasteiger partial charge on any atom is 0.123 e. The van der Waals surface area contributed by atoms with Gasteiger partial charge in [-0.3, -0.25) is 9.58 Å². The Labute approximate surface area is 145 Å². The van der Waals surface area contributed by atoms with Crippen molar-refractivity contribution < 1.29 is 4.39 Å². The number of H-pyrrole nitrogens is 1. The van der Waals surface area contributed by atoms with Gasteiger partial charge in [-0.15, -0.1) is 5.10 Å². The molecule has 1 aliphatic rings. The average molecular weight is 340 g/mol. The molecule has 0 saturated carbocycles. The van der Waals surface area contributed by atoms with Crippen molar-refractivity contribution in [3.05, 3.63) is 54.5 Å². The third kappa shape index (κ3) is 3.93. The Bertz CT molecular complexity index is 795. The molecule has 0 aliphatic carbocycles. The van der Waals surface area contributed by atoms with E-state index in [1.54, 1.807) is 18.3 Å². The van der Waals surface area contributed by atoms with Crippen LogP contribution in [-0.2, 0) is 13.1 Å². The van der Waals surface area contributed by atoms with Gasteiger partial charge in [0.2, 0.25) is 0 Å². The van der Waals surface area contributed by atoms with Crippen molar-refractivity contribution in [3.8, 4) is 11.3 Å². The topological polar surface area (TPSA) is 62.6 Å². The Morgan fingerprint density at radius 2 is 2.12 bits per heavy atom. The predicted octanol–water partition coefficient (Wildman–Crippen LogP) is 2.72. The number of rotatable bonds is 5. The van der Waals surface area contributed by atoms with Gasteiger partial charge >= 0.3 is 0 Å². The molecule has 1 saturated heterocycles. The number of hydrogen-bond donors (Lipinski definition) is 1. The number of nitrogens with one attached hydrogen (secondary N) is 1. The lowest BCUT2D eigenvalue weighted by atomic mass is 9.98. The van der Waals surface area contributed by atoms with Crippen LogP contribution in [0.5, 0.6) is 0 Å². The summed E-state index contributed by atoms with van der Waals surface area (Å²) < 4.78 is 14.9. The number of benzene rings is 1. The van der Waals surface area contributed by atoms with Crippen LogP contribution < -0.4 is 0 Å². The molecule has 0 spiro atoms. The molecule has 7 heteroatoms. The smallest absolute Gasteiger partial charge is 0.123 e. The standard InChI is InChI=1S/C18H21FN6/c19-16-5-3-15(4-6-16)17-12-25(23-22-17)11-14-2-1-9-24(10-14)13-18-20-7-8-21-18/h3-8,12,14H,1-2,9-11,13H2,(H,20,21)/t14-/m1/s1. The van der Waals surface area contributed by atoms with Crippen molar-refractivity contribution in [2.24, 2.45) is 5.92 Å². The van der Waals surface area contributed by atoms with E-state index in [0.717, 1.165) is 43.3 Å². The zero-order valence-corrected chi connectivity index (χ0v) is 14.0. The van der Waals surface area contributed by atoms with E-state index in [9.17, 15) is 4.39 Å². The van der Waals surface area contributed by atoms with Gasteiger partial charge in [0.1, 0.15) is 17.3 Å². The lowest BCUT2D eigenvalue weighted by molar-refractivity contribution is 0.150. The summed E-state index contributed by atoms with van der Waals surface area (Å²) in [6.07, 6.45) is 7.98. The second kappa shape index (κ2) is 7.14. The number of likely N-dealkylation sites (tertiary alicyclic amines) is 1. The van der Waals surface area contributed by atoms with E-state index in [1.807, 2.05) is 17.1 Å². The van der Waals surface area contributed by atoms with Crippen LogP contribution in [0.2, 0.25) is 0 Å². The first-order valence-electron chi connectivity index (χ1n) is 8.63. The van der Waals surface area contributed by atoms with Gasteiger partial charge < -0.3 is 4.98 Å². The largest absolute Gasteiger partial charge is 0.348 e. The Hall–Kier alpha value is -2.54. The molecule has 6 nitrogen and oxygen atoms in total. The summed E-state index contributed by atoms with van der Waals surface area (Å²) in [5, 5.41) is 8.47. The maximum absolute atomic E-state index is 13.0. The van der Waals surface area contributed by atoms with Crippen molar-refractivity contribution >= 4 is 0 Å². The second-order valence-corrected chi connectivity index (χ2v) is 6.61. The molecule has 0 amide bonds. The molecule has 4 rings (SSSR count). The van der Waals surface area contributed by atoms with Gasteiger partial charge in [-0.25, -0.2) is 9.37 Å². The van der Waals surface area contributed by atoms with E-state index in [2.05, 4.69) is 25.2 Å². The minimum Gasteiger partial charge on any atom is -0.348 e. The third-order valence-electron chi connectivity index (χ3n) is 4.66. The average Bonchev–Trinajstić information content (AvgIpc) is 3.28. The van der Waals surface area contributed by atoms with Crippen LogP contribution in [0.4, 0.5) is 4.39 Å². The van der Waals surface area contributed by atoms with Gasteiger partial charge in [0.25, 0.3) is 0 Å². The quantitative estimate of drug-likeness (QED) is 0.776. The fourth-order valence-electron chi connectivity index (χ4n) is 3.45. The molecule has 1 N–H and O–H groups in total. The molecule has 1 aromatic carbocycles. The van der Waals surface area contributed by atoms with Crippen molar-refractivity contribution in [3.63, 3.8) is 0 Å². The van der Waals surface area contributed by atoms with Gasteiger partial charge in [-0.05, 0) is 49.6 Å². The minimum absolute atomic E-state index is 0.241.